The second-order valence-corrected chi connectivity index (χ2v) is 3.74. The van der Waals surface area contributed by atoms with E-state index in [0.29, 0.717) is 6.42 Å². The normalized spacial score (nSPS) is 12.9. The van der Waals surface area contributed by atoms with Crippen LogP contribution < -0.4 is 10.5 Å². The van der Waals surface area contributed by atoms with Gasteiger partial charge in [-0.05, 0) is 30.2 Å². The highest BCUT2D eigenvalue weighted by atomic mass is 19.1. The molecule has 2 rings (SSSR count). The van der Waals surface area contributed by atoms with E-state index in [1.54, 1.807) is 7.11 Å². The zero-order chi connectivity index (χ0) is 11.5. The SMILES string of the molecule is COc1ccc2[nH]cc([C@@H](N)CCF)c2c1. The number of rotatable bonds is 4. The molecule has 0 amide bonds. The van der Waals surface area contributed by atoms with Crippen LogP contribution in [-0.4, -0.2) is 18.8 Å². The molecule has 3 nitrogen and oxygen atoms in total. The van der Waals surface area contributed by atoms with E-state index in [1.807, 2.05) is 24.4 Å². The van der Waals surface area contributed by atoms with Gasteiger partial charge in [0.05, 0.1) is 13.8 Å². The van der Waals surface area contributed by atoms with E-state index in [0.717, 1.165) is 22.2 Å². The Morgan fingerprint density at radius 3 is 3.00 bits per heavy atom. The molecule has 0 aliphatic heterocycles. The molecule has 0 fully saturated rings. The number of nitrogens with one attached hydrogen (secondary N) is 1. The van der Waals surface area contributed by atoms with Crippen LogP contribution in [0.4, 0.5) is 4.39 Å². The Balaban J connectivity index is 2.45. The third-order valence-electron chi connectivity index (χ3n) is 2.74. The lowest BCUT2D eigenvalue weighted by Gasteiger charge is -2.08. The number of hydrogen-bond acceptors (Lipinski definition) is 2. The number of H-pyrrole nitrogens is 1. The molecule has 0 saturated carbocycles. The Kier molecular flexibility index (Phi) is 3.10. The van der Waals surface area contributed by atoms with E-state index in [2.05, 4.69) is 4.98 Å². The van der Waals surface area contributed by atoms with Crippen LogP contribution in [0.5, 0.6) is 5.75 Å². The van der Waals surface area contributed by atoms with E-state index in [4.69, 9.17) is 10.5 Å². The van der Waals surface area contributed by atoms with Gasteiger partial charge < -0.3 is 15.5 Å². The molecular formula is C12H15FN2O. The highest BCUT2D eigenvalue weighted by Gasteiger charge is 2.11. The van der Waals surface area contributed by atoms with Gasteiger partial charge in [0.15, 0.2) is 0 Å². The van der Waals surface area contributed by atoms with Crippen LogP contribution in [0, 0.1) is 0 Å². The minimum atomic E-state index is -0.405. The zero-order valence-corrected chi connectivity index (χ0v) is 9.16. The summed E-state index contributed by atoms with van der Waals surface area (Å²) >= 11 is 0. The highest BCUT2D eigenvalue weighted by Crippen LogP contribution is 2.27. The second kappa shape index (κ2) is 4.53. The van der Waals surface area contributed by atoms with Gasteiger partial charge in [0.2, 0.25) is 0 Å². The predicted molar refractivity (Wildman–Crippen MR) is 62.4 cm³/mol. The number of nitrogens with two attached hydrogens (primary N) is 1. The molecule has 1 aromatic heterocycles. The lowest BCUT2D eigenvalue weighted by molar-refractivity contribution is 0.415. The zero-order valence-electron chi connectivity index (χ0n) is 9.16. The number of alkyl halides is 1. The Hall–Kier alpha value is -1.55. The van der Waals surface area contributed by atoms with Crippen LogP contribution in [0.25, 0.3) is 10.9 Å². The lowest BCUT2D eigenvalue weighted by atomic mass is 10.0. The number of halogens is 1. The van der Waals surface area contributed by atoms with Gasteiger partial charge in [-0.15, -0.1) is 0 Å². The standard InChI is InChI=1S/C12H15FN2O/c1-16-8-2-3-12-9(6-8)10(7-15-12)11(14)4-5-13/h2-3,6-7,11,15H,4-5,14H2,1H3/t11-/m0/s1. The maximum atomic E-state index is 12.3. The monoisotopic (exact) mass is 222 g/mol. The van der Waals surface area contributed by atoms with Crippen molar-refractivity contribution in [1.29, 1.82) is 0 Å². The largest absolute Gasteiger partial charge is 0.497 e. The molecule has 2 aromatic rings. The summed E-state index contributed by atoms with van der Waals surface area (Å²) < 4.78 is 17.4. The molecule has 1 atom stereocenters. The highest BCUT2D eigenvalue weighted by molar-refractivity contribution is 5.85. The van der Waals surface area contributed by atoms with Gasteiger partial charge >= 0.3 is 0 Å². The van der Waals surface area contributed by atoms with Crippen molar-refractivity contribution in [2.24, 2.45) is 5.73 Å². The van der Waals surface area contributed by atoms with Crippen LogP contribution in [0.3, 0.4) is 0 Å². The number of methoxy groups -OCH3 is 1. The fourth-order valence-electron chi connectivity index (χ4n) is 1.83. The van der Waals surface area contributed by atoms with Crippen LogP contribution in [-0.2, 0) is 0 Å². The molecule has 0 radical (unpaired) electrons. The molecule has 16 heavy (non-hydrogen) atoms. The van der Waals surface area contributed by atoms with Gasteiger partial charge in [0.1, 0.15) is 5.75 Å². The summed E-state index contributed by atoms with van der Waals surface area (Å²) in [6, 6.07) is 5.45. The molecule has 0 unspecified atom stereocenters. The van der Waals surface area contributed by atoms with Gasteiger partial charge in [-0.1, -0.05) is 0 Å². The van der Waals surface area contributed by atoms with Crippen LogP contribution in [0.15, 0.2) is 24.4 Å². The molecule has 0 bridgehead atoms. The van der Waals surface area contributed by atoms with Crippen molar-refractivity contribution in [1.82, 2.24) is 4.98 Å². The van der Waals surface area contributed by atoms with Crippen molar-refractivity contribution in [2.45, 2.75) is 12.5 Å². The summed E-state index contributed by atoms with van der Waals surface area (Å²) in [7, 11) is 1.62. The summed E-state index contributed by atoms with van der Waals surface area (Å²) in [6.45, 7) is -0.405. The van der Waals surface area contributed by atoms with E-state index in [-0.39, 0.29) is 6.04 Å². The van der Waals surface area contributed by atoms with Gasteiger partial charge in [0, 0.05) is 23.1 Å². The number of aromatic nitrogens is 1. The molecule has 0 spiro atoms. The predicted octanol–water partition coefficient (Wildman–Crippen LogP) is 2.54. The first kappa shape index (κ1) is 11.0. The fourth-order valence-corrected chi connectivity index (χ4v) is 1.83. The van der Waals surface area contributed by atoms with E-state index >= 15 is 0 Å². The second-order valence-electron chi connectivity index (χ2n) is 3.74. The molecule has 0 aliphatic carbocycles. The minimum Gasteiger partial charge on any atom is -0.497 e. The van der Waals surface area contributed by atoms with E-state index < -0.39 is 6.67 Å². The van der Waals surface area contributed by atoms with Crippen molar-refractivity contribution >= 4 is 10.9 Å². The molecule has 0 saturated heterocycles. The van der Waals surface area contributed by atoms with Gasteiger partial charge in [0.25, 0.3) is 0 Å². The first-order valence-corrected chi connectivity index (χ1v) is 5.23. The summed E-state index contributed by atoms with van der Waals surface area (Å²) in [5, 5.41) is 1.00. The number of benzene rings is 1. The quantitative estimate of drug-likeness (QED) is 0.835. The molecule has 0 aliphatic rings. The Morgan fingerprint density at radius 1 is 1.50 bits per heavy atom. The van der Waals surface area contributed by atoms with Gasteiger partial charge in [-0.25, -0.2) is 0 Å². The van der Waals surface area contributed by atoms with Crippen molar-refractivity contribution in [3.63, 3.8) is 0 Å². The first-order chi connectivity index (χ1) is 7.76. The van der Waals surface area contributed by atoms with Gasteiger partial charge in [-0.3, -0.25) is 4.39 Å². The van der Waals surface area contributed by atoms with Crippen LogP contribution in [0.2, 0.25) is 0 Å². The fraction of sp³-hybridized carbons (Fsp3) is 0.333. The summed E-state index contributed by atoms with van der Waals surface area (Å²) in [5.41, 5.74) is 7.83. The molecule has 1 aromatic carbocycles. The maximum Gasteiger partial charge on any atom is 0.119 e. The Bertz CT molecular complexity index is 481. The number of fused-ring (bicyclic) bond motifs is 1. The maximum absolute atomic E-state index is 12.3. The summed E-state index contributed by atoms with van der Waals surface area (Å²) in [5.74, 6) is 0.779. The Labute approximate surface area is 93.4 Å². The van der Waals surface area contributed by atoms with Crippen molar-refractivity contribution in [3.05, 3.63) is 30.0 Å². The number of ether oxygens (including phenoxy) is 1. The van der Waals surface area contributed by atoms with Crippen LogP contribution in [0.1, 0.15) is 18.0 Å². The first-order valence-electron chi connectivity index (χ1n) is 5.23. The third-order valence-corrected chi connectivity index (χ3v) is 2.74. The average molecular weight is 222 g/mol. The molecule has 3 N–H and O–H groups in total. The minimum absolute atomic E-state index is 0.272. The molecule has 1 heterocycles. The lowest BCUT2D eigenvalue weighted by Crippen LogP contribution is -2.10. The number of hydrogen-bond donors (Lipinski definition) is 2. The smallest absolute Gasteiger partial charge is 0.119 e. The van der Waals surface area contributed by atoms with Crippen molar-refractivity contribution in [3.8, 4) is 5.75 Å². The van der Waals surface area contributed by atoms with Gasteiger partial charge in [-0.2, -0.15) is 0 Å². The topological polar surface area (TPSA) is 51.0 Å². The van der Waals surface area contributed by atoms with E-state index in [1.165, 1.54) is 0 Å². The average Bonchev–Trinajstić information content (AvgIpc) is 2.71. The summed E-state index contributed by atoms with van der Waals surface area (Å²) in [6.07, 6.45) is 2.18. The van der Waals surface area contributed by atoms with Crippen LogP contribution >= 0.6 is 0 Å². The van der Waals surface area contributed by atoms with Crippen molar-refractivity contribution in [2.75, 3.05) is 13.8 Å². The van der Waals surface area contributed by atoms with E-state index in [9.17, 15) is 4.39 Å². The molecular weight excluding hydrogens is 207 g/mol. The third kappa shape index (κ3) is 1.88. The number of aromatic amines is 1. The molecule has 4 heteroatoms. The Morgan fingerprint density at radius 2 is 2.31 bits per heavy atom. The summed E-state index contributed by atoms with van der Waals surface area (Å²) in [4.78, 5) is 3.12. The van der Waals surface area contributed by atoms with Crippen molar-refractivity contribution < 1.29 is 9.13 Å². The molecule has 86 valence electrons.